The number of nitrogens with two attached hydrogens (primary N) is 1. The molecule has 0 bridgehead atoms. The van der Waals surface area contributed by atoms with E-state index in [1.54, 1.807) is 7.11 Å². The fraction of sp³-hybridized carbons (Fsp3) is 0.571. The maximum Gasteiger partial charge on any atom is 0.151 e. The monoisotopic (exact) mass is 294 g/mol. The Labute approximate surface area is 123 Å². The van der Waals surface area contributed by atoms with E-state index in [2.05, 4.69) is 20.8 Å². The number of rotatable bonds is 6. The van der Waals surface area contributed by atoms with Crippen LogP contribution in [0.15, 0.2) is 6.20 Å². The Morgan fingerprint density at radius 3 is 2.90 bits per heavy atom. The van der Waals surface area contributed by atoms with Gasteiger partial charge in [0, 0.05) is 19.9 Å². The summed E-state index contributed by atoms with van der Waals surface area (Å²) in [5.41, 5.74) is 8.94. The van der Waals surface area contributed by atoms with Crippen LogP contribution in [0.2, 0.25) is 0 Å². The van der Waals surface area contributed by atoms with Crippen LogP contribution in [0.25, 0.3) is 11.0 Å². The van der Waals surface area contributed by atoms with Crippen LogP contribution in [0.3, 0.4) is 0 Å². The van der Waals surface area contributed by atoms with Crippen molar-refractivity contribution in [3.8, 4) is 0 Å². The van der Waals surface area contributed by atoms with Gasteiger partial charge in [0.1, 0.15) is 17.4 Å². The van der Waals surface area contributed by atoms with E-state index in [1.165, 1.54) is 0 Å². The van der Waals surface area contributed by atoms with Crippen LogP contribution in [-0.4, -0.2) is 33.7 Å². The number of nitrogens with zero attached hydrogens (tertiary/aromatic N) is 3. The van der Waals surface area contributed by atoms with Gasteiger partial charge in [-0.1, -0.05) is 0 Å². The van der Waals surface area contributed by atoms with Crippen molar-refractivity contribution in [2.45, 2.75) is 32.9 Å². The summed E-state index contributed by atoms with van der Waals surface area (Å²) in [7, 11) is 1.70. The first kappa shape index (κ1) is 15.1. The molecular weight excluding hydrogens is 272 g/mol. The summed E-state index contributed by atoms with van der Waals surface area (Å²) in [6.45, 7) is 4.97. The van der Waals surface area contributed by atoms with Gasteiger partial charge in [0.15, 0.2) is 5.82 Å². The first-order chi connectivity index (χ1) is 9.60. The van der Waals surface area contributed by atoms with Gasteiger partial charge < -0.3 is 15.0 Å². The molecule has 0 spiro atoms. The van der Waals surface area contributed by atoms with E-state index in [1.807, 2.05) is 31.8 Å². The van der Waals surface area contributed by atoms with Crippen LogP contribution in [0.5, 0.6) is 0 Å². The molecule has 110 valence electrons. The van der Waals surface area contributed by atoms with E-state index < -0.39 is 0 Å². The van der Waals surface area contributed by atoms with E-state index in [0.29, 0.717) is 5.82 Å². The standard InChI is InChI=1S/C14H22N4OS/c1-9-8-16-13(15)11-12(9)18(6-5-7-20-4)14(17-11)10(2)19-3/h8,10H,5-7H2,1-4H3,(H2,15,16). The lowest BCUT2D eigenvalue weighted by molar-refractivity contribution is 0.109. The molecule has 2 aromatic heterocycles. The van der Waals surface area contributed by atoms with Crippen molar-refractivity contribution in [3.63, 3.8) is 0 Å². The minimum Gasteiger partial charge on any atom is -0.382 e. The predicted molar refractivity (Wildman–Crippen MR) is 85.1 cm³/mol. The Bertz CT molecular complexity index is 596. The fourth-order valence-electron chi connectivity index (χ4n) is 2.35. The molecule has 2 heterocycles. The molecule has 0 aliphatic rings. The third-order valence-corrected chi connectivity index (χ3v) is 4.15. The molecule has 2 rings (SSSR count). The van der Waals surface area contributed by atoms with E-state index in [-0.39, 0.29) is 6.10 Å². The quantitative estimate of drug-likeness (QED) is 0.830. The lowest BCUT2D eigenvalue weighted by atomic mass is 10.2. The number of hydrogen-bond acceptors (Lipinski definition) is 5. The zero-order chi connectivity index (χ0) is 14.7. The molecule has 0 amide bonds. The molecule has 20 heavy (non-hydrogen) atoms. The second-order valence-electron chi connectivity index (χ2n) is 4.87. The Morgan fingerprint density at radius 2 is 2.25 bits per heavy atom. The zero-order valence-electron chi connectivity index (χ0n) is 12.5. The largest absolute Gasteiger partial charge is 0.382 e. The molecule has 0 radical (unpaired) electrons. The molecule has 0 saturated carbocycles. The lowest BCUT2D eigenvalue weighted by Crippen LogP contribution is -2.09. The Hall–Kier alpha value is -1.27. The fourth-order valence-corrected chi connectivity index (χ4v) is 2.76. The van der Waals surface area contributed by atoms with Crippen molar-refractivity contribution in [3.05, 3.63) is 17.6 Å². The van der Waals surface area contributed by atoms with Gasteiger partial charge in [0.05, 0.1) is 5.52 Å². The van der Waals surface area contributed by atoms with Gasteiger partial charge in [-0.2, -0.15) is 11.8 Å². The molecule has 0 fully saturated rings. The number of aryl methyl sites for hydroxylation is 2. The summed E-state index contributed by atoms with van der Waals surface area (Å²) in [5.74, 6) is 2.53. The van der Waals surface area contributed by atoms with E-state index >= 15 is 0 Å². The summed E-state index contributed by atoms with van der Waals surface area (Å²) in [5, 5.41) is 0. The van der Waals surface area contributed by atoms with Crippen molar-refractivity contribution < 1.29 is 4.74 Å². The number of hydrogen-bond donors (Lipinski definition) is 1. The van der Waals surface area contributed by atoms with Gasteiger partial charge in [-0.05, 0) is 37.8 Å². The Kier molecular flexibility index (Phi) is 4.88. The minimum absolute atomic E-state index is 0.0597. The van der Waals surface area contributed by atoms with Crippen LogP contribution >= 0.6 is 11.8 Å². The van der Waals surface area contributed by atoms with Crippen molar-refractivity contribution in [2.75, 3.05) is 24.9 Å². The van der Waals surface area contributed by atoms with Crippen LogP contribution in [0.1, 0.15) is 30.8 Å². The molecule has 0 aliphatic heterocycles. The van der Waals surface area contributed by atoms with Gasteiger partial charge in [-0.25, -0.2) is 9.97 Å². The van der Waals surface area contributed by atoms with Crippen molar-refractivity contribution in [2.24, 2.45) is 0 Å². The van der Waals surface area contributed by atoms with Crippen LogP contribution in [0.4, 0.5) is 5.82 Å². The normalized spacial score (nSPS) is 13.0. The highest BCUT2D eigenvalue weighted by Crippen LogP contribution is 2.27. The number of imidazole rings is 1. The number of fused-ring (bicyclic) bond motifs is 1. The second-order valence-corrected chi connectivity index (χ2v) is 5.86. The predicted octanol–water partition coefficient (Wildman–Crippen LogP) is 2.78. The lowest BCUT2D eigenvalue weighted by Gasteiger charge is -2.14. The number of pyridine rings is 1. The van der Waals surface area contributed by atoms with Gasteiger partial charge >= 0.3 is 0 Å². The third kappa shape index (κ3) is 2.76. The summed E-state index contributed by atoms with van der Waals surface area (Å²) in [6, 6.07) is 0. The van der Waals surface area contributed by atoms with Crippen LogP contribution in [0, 0.1) is 6.92 Å². The van der Waals surface area contributed by atoms with E-state index in [0.717, 1.165) is 41.1 Å². The average Bonchev–Trinajstić information content (AvgIpc) is 2.83. The molecule has 6 heteroatoms. The molecule has 0 aliphatic carbocycles. The smallest absolute Gasteiger partial charge is 0.151 e. The molecule has 5 nitrogen and oxygen atoms in total. The van der Waals surface area contributed by atoms with Gasteiger partial charge in [-0.15, -0.1) is 0 Å². The Morgan fingerprint density at radius 1 is 1.50 bits per heavy atom. The number of nitrogen functional groups attached to an aromatic ring is 1. The highest BCUT2D eigenvalue weighted by molar-refractivity contribution is 7.98. The van der Waals surface area contributed by atoms with Gasteiger partial charge in [0.2, 0.25) is 0 Å². The second kappa shape index (κ2) is 6.45. The number of methoxy groups -OCH3 is 1. The first-order valence-electron chi connectivity index (χ1n) is 6.73. The van der Waals surface area contributed by atoms with Crippen LogP contribution < -0.4 is 5.73 Å². The van der Waals surface area contributed by atoms with Crippen molar-refractivity contribution in [1.82, 2.24) is 14.5 Å². The summed E-state index contributed by atoms with van der Waals surface area (Å²) in [6.07, 6.45) is 4.97. The molecule has 2 N–H and O–H groups in total. The molecular formula is C14H22N4OS. The maximum atomic E-state index is 5.97. The maximum absolute atomic E-state index is 5.97. The van der Waals surface area contributed by atoms with Crippen LogP contribution in [-0.2, 0) is 11.3 Å². The van der Waals surface area contributed by atoms with Crippen molar-refractivity contribution in [1.29, 1.82) is 0 Å². The summed E-state index contributed by atoms with van der Waals surface area (Å²) < 4.78 is 7.67. The molecule has 0 aromatic carbocycles. The molecule has 2 aromatic rings. The molecule has 0 saturated heterocycles. The van der Waals surface area contributed by atoms with Gasteiger partial charge in [-0.3, -0.25) is 0 Å². The first-order valence-corrected chi connectivity index (χ1v) is 8.12. The Balaban J connectivity index is 2.55. The highest BCUT2D eigenvalue weighted by Gasteiger charge is 2.19. The van der Waals surface area contributed by atoms with E-state index in [9.17, 15) is 0 Å². The topological polar surface area (TPSA) is 66.0 Å². The number of anilines is 1. The zero-order valence-corrected chi connectivity index (χ0v) is 13.3. The minimum atomic E-state index is -0.0597. The van der Waals surface area contributed by atoms with Gasteiger partial charge in [0.25, 0.3) is 0 Å². The van der Waals surface area contributed by atoms with E-state index in [4.69, 9.17) is 10.5 Å². The van der Waals surface area contributed by atoms with Crippen molar-refractivity contribution >= 4 is 28.6 Å². The number of thioether (sulfide) groups is 1. The SMILES string of the molecule is COC(C)c1nc2c(N)ncc(C)c2n1CCCSC. The number of ether oxygens (including phenoxy) is 1. The number of aromatic nitrogens is 3. The molecule has 1 unspecified atom stereocenters. The summed E-state index contributed by atoms with van der Waals surface area (Å²) >= 11 is 1.85. The highest BCUT2D eigenvalue weighted by atomic mass is 32.2. The summed E-state index contributed by atoms with van der Waals surface area (Å²) in [4.78, 5) is 8.87. The average molecular weight is 294 g/mol. The third-order valence-electron chi connectivity index (χ3n) is 3.46. The molecule has 1 atom stereocenters.